The third-order valence-electron chi connectivity index (χ3n) is 19.0. The molecule has 0 fully saturated rings. The molecule has 6 aromatic rings. The zero-order valence-electron chi connectivity index (χ0n) is 67.7. The van der Waals surface area contributed by atoms with Crippen LogP contribution in [0, 0.1) is 113 Å². The fraction of sp³-hybridized carbons (Fsp3) is 0.613. The maximum absolute atomic E-state index is 8.79. The van der Waals surface area contributed by atoms with Crippen LogP contribution in [-0.4, -0.2) is 0 Å². The molecule has 0 saturated carbocycles. The highest BCUT2D eigenvalue weighted by Gasteiger charge is 2.39. The summed E-state index contributed by atoms with van der Waals surface area (Å²) in [6.07, 6.45) is 10.1. The number of hydrogen-bond donors (Lipinski definition) is 0. The van der Waals surface area contributed by atoms with Gasteiger partial charge in [0, 0.05) is 0 Å². The van der Waals surface area contributed by atoms with Gasteiger partial charge in [-0.25, -0.2) is 0 Å². The van der Waals surface area contributed by atoms with Crippen LogP contribution >= 0.6 is 8.60 Å². The Balaban J connectivity index is 1.96. The van der Waals surface area contributed by atoms with E-state index in [1.54, 1.807) is 0 Å². The predicted octanol–water partition coefficient (Wildman–Crippen LogP) is 26.9. The van der Waals surface area contributed by atoms with Crippen LogP contribution in [0.4, 0.5) is 0 Å². The molecule has 0 aliphatic carbocycles. The molecule has 0 saturated heterocycles. The van der Waals surface area contributed by atoms with Gasteiger partial charge in [0.05, 0.1) is 0 Å². The van der Waals surface area contributed by atoms with Gasteiger partial charge in [0.1, 0.15) is 18.3 Å². The maximum Gasteiger partial charge on any atom is 0.335 e. The average molecular weight is 1340 g/mol. The molecule has 4 heteroatoms. The van der Waals surface area contributed by atoms with Gasteiger partial charge in [-0.3, -0.25) is 13.6 Å². The van der Waals surface area contributed by atoms with Crippen molar-refractivity contribution in [2.75, 3.05) is 0 Å². The summed E-state index contributed by atoms with van der Waals surface area (Å²) in [5.41, 5.74) is 31.9. The Morgan fingerprint density at radius 1 is 0.196 bits per heavy atom. The highest BCUT2D eigenvalue weighted by Crippen LogP contribution is 2.59. The molecule has 536 valence electrons. The van der Waals surface area contributed by atoms with E-state index < -0.39 is 26.9 Å². The molecule has 0 unspecified atom stereocenters. The van der Waals surface area contributed by atoms with Gasteiger partial charge in [0.2, 0.25) is 0 Å². The second-order valence-corrected chi connectivity index (χ2v) is 36.8. The number of rotatable bonds is 36. The van der Waals surface area contributed by atoms with Crippen LogP contribution in [0.5, 0.6) is 0 Å². The van der Waals surface area contributed by atoms with Gasteiger partial charge in [-0.15, -0.1) is 0 Å². The van der Waals surface area contributed by atoms with Crippen molar-refractivity contribution in [1.82, 2.24) is 0 Å². The number of hydrogen-bond acceptors (Lipinski definition) is 3. The van der Waals surface area contributed by atoms with Crippen molar-refractivity contribution in [3.63, 3.8) is 0 Å². The molecule has 0 aromatic heterocycles. The van der Waals surface area contributed by atoms with E-state index in [1.807, 2.05) is 0 Å². The summed E-state index contributed by atoms with van der Waals surface area (Å²) in [6, 6.07) is 30.5. The highest BCUT2D eigenvalue weighted by molar-refractivity contribution is 7.41. The standard InChI is InChI=1S/C93H141O3P/c1-55(2)31-73-43-67(25)85(79(49-73)37-61(13)14)91(86-68(26)44-74(32-56(3)4)50-80(86)38-62(15)16)94-97(95-92(87-69(27)45-75(33-57(5)6)51-81(87)39-63(17)18)88-70(28)46-76(34-58(7)8)52-82(88)40-64(19)20)96-93(89-71(29)47-77(35-59(9)10)53-83(89)41-65(21)22)90-72(30)48-78(36-60(11)12)54-84(90)42-66(23)24/h43-66,91-93H,31-42H2,1-30H3. The SMILES string of the molecule is Cc1cc(CC(C)C)cc(CC(C)C)c1C(OP(OC(c1c(C)cc(CC(C)C)cc1CC(C)C)c1c(C)cc(CC(C)C)cc1CC(C)C)OC(c1c(C)cc(CC(C)C)cc1CC(C)C)c1c(C)cc(CC(C)C)cc1CC(C)C)c1c(C)cc(CC(C)C)cc1CC(C)C. The second kappa shape index (κ2) is 37.0. The molecule has 3 nitrogen and oxygen atoms in total. The van der Waals surface area contributed by atoms with Crippen LogP contribution in [0.25, 0.3) is 0 Å². The van der Waals surface area contributed by atoms with Crippen molar-refractivity contribution in [2.45, 2.75) is 303 Å². The fourth-order valence-electron chi connectivity index (χ4n) is 16.2. The molecule has 0 aliphatic rings. The monoisotopic (exact) mass is 1340 g/mol. The molecule has 6 aromatic carbocycles. The summed E-state index contributed by atoms with van der Waals surface area (Å²) < 4.78 is 26.4. The van der Waals surface area contributed by atoms with E-state index in [0.717, 1.165) is 77.0 Å². The Kier molecular flexibility index (Phi) is 31.1. The van der Waals surface area contributed by atoms with Gasteiger partial charge >= 0.3 is 8.60 Å². The number of benzene rings is 6. The van der Waals surface area contributed by atoms with Gasteiger partial charge in [0.25, 0.3) is 0 Å². The maximum atomic E-state index is 8.79. The second-order valence-electron chi connectivity index (χ2n) is 35.8. The van der Waals surface area contributed by atoms with Gasteiger partial charge in [0.15, 0.2) is 0 Å². The normalized spacial score (nSPS) is 12.7. The zero-order chi connectivity index (χ0) is 72.2. The third kappa shape index (κ3) is 23.9. The molecular weight excluding hydrogens is 1200 g/mol. The van der Waals surface area contributed by atoms with Crippen molar-refractivity contribution in [3.05, 3.63) is 206 Å². The van der Waals surface area contributed by atoms with Crippen LogP contribution in [0.1, 0.15) is 318 Å². The largest absolute Gasteiger partial charge is 0.335 e. The number of aryl methyl sites for hydroxylation is 6. The molecular formula is C93H141O3P. The minimum atomic E-state index is -2.32. The lowest BCUT2D eigenvalue weighted by molar-refractivity contribution is 0.0932. The van der Waals surface area contributed by atoms with Crippen molar-refractivity contribution >= 4 is 8.60 Å². The van der Waals surface area contributed by atoms with Crippen LogP contribution < -0.4 is 0 Å². The van der Waals surface area contributed by atoms with E-state index in [2.05, 4.69) is 281 Å². The Labute approximate surface area is 599 Å². The zero-order valence-corrected chi connectivity index (χ0v) is 68.6. The minimum Gasteiger partial charge on any atom is -0.299 e. The Morgan fingerprint density at radius 3 is 0.433 bits per heavy atom. The van der Waals surface area contributed by atoms with E-state index in [4.69, 9.17) is 13.6 Å². The first-order valence-corrected chi connectivity index (χ1v) is 40.0. The first-order valence-electron chi connectivity index (χ1n) is 38.9. The van der Waals surface area contributed by atoms with E-state index in [1.165, 1.54) is 134 Å². The van der Waals surface area contributed by atoms with Crippen molar-refractivity contribution in [2.24, 2.45) is 71.0 Å². The summed E-state index contributed by atoms with van der Waals surface area (Å²) in [5.74, 6) is 5.53. The van der Waals surface area contributed by atoms with E-state index in [9.17, 15) is 0 Å². The first-order chi connectivity index (χ1) is 45.4. The van der Waals surface area contributed by atoms with Gasteiger partial charge in [-0.05, 0) is 323 Å². The lowest BCUT2D eigenvalue weighted by Gasteiger charge is -2.37. The summed E-state index contributed by atoms with van der Waals surface area (Å²) in [5, 5.41) is 0. The molecule has 0 spiro atoms. The van der Waals surface area contributed by atoms with Crippen LogP contribution in [0.3, 0.4) is 0 Å². The minimum absolute atomic E-state index is 0.407. The van der Waals surface area contributed by atoms with E-state index in [0.29, 0.717) is 71.0 Å². The van der Waals surface area contributed by atoms with Gasteiger partial charge in [-0.1, -0.05) is 239 Å². The molecule has 0 atom stereocenters. The molecule has 0 bridgehead atoms. The Morgan fingerprint density at radius 2 is 0.320 bits per heavy atom. The highest BCUT2D eigenvalue weighted by atomic mass is 31.2. The fourth-order valence-corrected chi connectivity index (χ4v) is 17.5. The Hall–Kier alpha value is -4.37. The van der Waals surface area contributed by atoms with E-state index in [-0.39, 0.29) is 0 Å². The Bertz CT molecular complexity index is 2900. The van der Waals surface area contributed by atoms with E-state index >= 15 is 0 Å². The van der Waals surface area contributed by atoms with Crippen molar-refractivity contribution in [1.29, 1.82) is 0 Å². The summed E-state index contributed by atoms with van der Waals surface area (Å²) in [7, 11) is -2.32. The van der Waals surface area contributed by atoms with Crippen molar-refractivity contribution in [3.8, 4) is 0 Å². The third-order valence-corrected chi connectivity index (χ3v) is 20.1. The van der Waals surface area contributed by atoms with Gasteiger partial charge in [-0.2, -0.15) is 0 Å². The molecule has 0 amide bonds. The lowest BCUT2D eigenvalue weighted by atomic mass is 9.81. The van der Waals surface area contributed by atoms with Crippen LogP contribution in [-0.2, 0) is 90.6 Å². The topological polar surface area (TPSA) is 27.7 Å². The average Bonchev–Trinajstić information content (AvgIpc) is 0.769. The first kappa shape index (κ1) is 81.6. The molecule has 6 rings (SSSR count). The van der Waals surface area contributed by atoms with Crippen molar-refractivity contribution < 1.29 is 13.6 Å². The molecule has 0 heterocycles. The molecule has 0 radical (unpaired) electrons. The smallest absolute Gasteiger partial charge is 0.299 e. The quantitative estimate of drug-likeness (QED) is 0.0367. The van der Waals surface area contributed by atoms with Gasteiger partial charge < -0.3 is 0 Å². The molecule has 0 aliphatic heterocycles. The predicted molar refractivity (Wildman–Crippen MR) is 425 cm³/mol. The summed E-state index contributed by atoms with van der Waals surface area (Å²) >= 11 is 0. The lowest BCUT2D eigenvalue weighted by Crippen LogP contribution is -2.21. The molecule has 97 heavy (non-hydrogen) atoms. The van der Waals surface area contributed by atoms with Crippen LogP contribution in [0.2, 0.25) is 0 Å². The van der Waals surface area contributed by atoms with Crippen LogP contribution in [0.15, 0.2) is 72.8 Å². The summed E-state index contributed by atoms with van der Waals surface area (Å²) in [4.78, 5) is 0. The summed E-state index contributed by atoms with van der Waals surface area (Å²) in [6.45, 7) is 71.5. The molecule has 0 N–H and O–H groups in total.